The van der Waals surface area contributed by atoms with E-state index < -0.39 is 23.7 Å². The molecule has 0 saturated carbocycles. The highest BCUT2D eigenvalue weighted by Crippen LogP contribution is 2.42. The number of amides is 1. The molecule has 0 spiro atoms. The third kappa shape index (κ3) is 4.42. The summed E-state index contributed by atoms with van der Waals surface area (Å²) >= 11 is 0. The van der Waals surface area contributed by atoms with Crippen molar-refractivity contribution in [3.63, 3.8) is 0 Å². The third-order valence-corrected chi connectivity index (χ3v) is 5.61. The second-order valence-corrected chi connectivity index (χ2v) is 8.37. The molecule has 2 aromatic carbocycles. The Morgan fingerprint density at radius 1 is 1.06 bits per heavy atom. The maximum absolute atomic E-state index is 13.2. The van der Waals surface area contributed by atoms with Gasteiger partial charge in [-0.05, 0) is 74.9 Å². The van der Waals surface area contributed by atoms with Crippen LogP contribution in [0.2, 0.25) is 0 Å². The first-order valence-electron chi connectivity index (χ1n) is 11.0. The smallest absolute Gasteiger partial charge is 0.337 e. The number of furan rings is 1. The molecule has 1 saturated heterocycles. The number of aliphatic hydroxyl groups is 1. The van der Waals surface area contributed by atoms with E-state index in [9.17, 15) is 19.5 Å². The zero-order valence-electron chi connectivity index (χ0n) is 19.8. The van der Waals surface area contributed by atoms with Gasteiger partial charge in [-0.1, -0.05) is 6.07 Å². The molecule has 180 valence electrons. The van der Waals surface area contributed by atoms with E-state index >= 15 is 0 Å². The average Bonchev–Trinajstić information content (AvgIpc) is 3.46. The summed E-state index contributed by atoms with van der Waals surface area (Å²) in [4.78, 5) is 39.7. The number of Topliss-reactive ketones (excluding diaryl/α,β-unsaturated/α-hetero) is 1. The summed E-state index contributed by atoms with van der Waals surface area (Å²) in [5.41, 5.74) is 1.49. The number of hydrogen-bond donors (Lipinski definition) is 1. The van der Waals surface area contributed by atoms with E-state index in [-0.39, 0.29) is 34.4 Å². The van der Waals surface area contributed by atoms with Crippen LogP contribution in [0, 0.1) is 6.92 Å². The highest BCUT2D eigenvalue weighted by atomic mass is 16.5. The van der Waals surface area contributed by atoms with Crippen molar-refractivity contribution in [1.82, 2.24) is 0 Å². The average molecular weight is 475 g/mol. The van der Waals surface area contributed by atoms with Gasteiger partial charge in [0.1, 0.15) is 23.3 Å². The zero-order chi connectivity index (χ0) is 25.3. The molecule has 1 aliphatic heterocycles. The Bertz CT molecular complexity index is 1320. The summed E-state index contributed by atoms with van der Waals surface area (Å²) in [6.07, 6.45) is 1.39. The predicted molar refractivity (Wildman–Crippen MR) is 128 cm³/mol. The van der Waals surface area contributed by atoms with Gasteiger partial charge in [0.25, 0.3) is 11.7 Å². The molecule has 4 rings (SSSR count). The van der Waals surface area contributed by atoms with Crippen molar-refractivity contribution in [3.05, 3.63) is 88.9 Å². The summed E-state index contributed by atoms with van der Waals surface area (Å²) in [5, 5.41) is 11.2. The number of esters is 1. The molecule has 8 nitrogen and oxygen atoms in total. The van der Waals surface area contributed by atoms with E-state index in [0.29, 0.717) is 11.3 Å². The van der Waals surface area contributed by atoms with Crippen molar-refractivity contribution in [1.29, 1.82) is 0 Å². The Labute approximate surface area is 202 Å². The minimum absolute atomic E-state index is 0.0295. The predicted octanol–water partition coefficient (Wildman–Crippen LogP) is 4.79. The molecule has 8 heteroatoms. The quantitative estimate of drug-likeness (QED) is 0.236. The summed E-state index contributed by atoms with van der Waals surface area (Å²) in [7, 11) is 1.25. The molecule has 3 aromatic rings. The lowest BCUT2D eigenvalue weighted by atomic mass is 9.98. The molecule has 35 heavy (non-hydrogen) atoms. The fraction of sp³-hybridized carbons (Fsp3) is 0.222. The number of carbonyl (C=O) groups is 3. The van der Waals surface area contributed by atoms with Crippen molar-refractivity contribution < 1.29 is 33.4 Å². The highest BCUT2D eigenvalue weighted by molar-refractivity contribution is 6.51. The minimum atomic E-state index is -1.04. The molecule has 1 amide bonds. The van der Waals surface area contributed by atoms with Crippen LogP contribution in [-0.2, 0) is 14.3 Å². The van der Waals surface area contributed by atoms with Crippen LogP contribution in [0.25, 0.3) is 5.76 Å². The molecule has 1 aromatic heterocycles. The Hall–Kier alpha value is -4.33. The van der Waals surface area contributed by atoms with Gasteiger partial charge in [-0.25, -0.2) is 4.79 Å². The largest absolute Gasteiger partial charge is 0.507 e. The number of hydrogen-bond acceptors (Lipinski definition) is 7. The van der Waals surface area contributed by atoms with E-state index in [1.165, 1.54) is 30.4 Å². The van der Waals surface area contributed by atoms with Gasteiger partial charge in [-0.15, -0.1) is 0 Å². The van der Waals surface area contributed by atoms with E-state index in [0.717, 1.165) is 5.56 Å². The van der Waals surface area contributed by atoms with E-state index in [4.69, 9.17) is 13.9 Å². The number of ether oxygens (including phenoxy) is 2. The first-order valence-corrected chi connectivity index (χ1v) is 11.0. The highest BCUT2D eigenvalue weighted by Gasteiger charge is 2.48. The van der Waals surface area contributed by atoms with Crippen LogP contribution >= 0.6 is 0 Å². The van der Waals surface area contributed by atoms with Gasteiger partial charge in [-0.3, -0.25) is 14.5 Å². The molecule has 1 atom stereocenters. The van der Waals surface area contributed by atoms with E-state index in [2.05, 4.69) is 0 Å². The fourth-order valence-corrected chi connectivity index (χ4v) is 4.05. The molecule has 1 aliphatic rings. The molecule has 0 bridgehead atoms. The first kappa shape index (κ1) is 23.8. The molecule has 1 unspecified atom stereocenters. The van der Waals surface area contributed by atoms with Crippen molar-refractivity contribution in [2.45, 2.75) is 32.9 Å². The molecule has 0 aliphatic carbocycles. The van der Waals surface area contributed by atoms with Gasteiger partial charge in [0.15, 0.2) is 0 Å². The summed E-state index contributed by atoms with van der Waals surface area (Å²) in [6, 6.07) is 13.4. The Kier molecular flexibility index (Phi) is 6.46. The SMILES string of the molecule is COC(=O)c1cccc(N2C(=O)C(=O)/C(=C(\O)c3ccc(OC(C)C)c(C)c3)C2c2ccco2)c1. The molecule has 0 radical (unpaired) electrons. The minimum Gasteiger partial charge on any atom is -0.507 e. The van der Waals surface area contributed by atoms with E-state index in [1.807, 2.05) is 20.8 Å². The molecule has 1 N–H and O–H groups in total. The number of aryl methyl sites for hydroxylation is 1. The number of ketones is 1. The van der Waals surface area contributed by atoms with Crippen molar-refractivity contribution in [2.24, 2.45) is 0 Å². The Morgan fingerprint density at radius 2 is 1.83 bits per heavy atom. The standard InChI is InChI=1S/C27H25NO7/c1-15(2)35-20-11-10-17(13-16(20)3)24(29)22-23(21-9-6-12-34-21)28(26(31)25(22)30)19-8-5-7-18(14-19)27(32)33-4/h5-15,23,29H,1-4H3/b24-22-. The number of nitrogens with zero attached hydrogens (tertiary/aromatic N) is 1. The van der Waals surface area contributed by atoms with E-state index in [1.54, 1.807) is 42.5 Å². The lowest BCUT2D eigenvalue weighted by molar-refractivity contribution is -0.132. The number of anilines is 1. The molecular formula is C27H25NO7. The van der Waals surface area contributed by atoms with Gasteiger partial charge in [0, 0.05) is 11.3 Å². The number of benzene rings is 2. The summed E-state index contributed by atoms with van der Waals surface area (Å²) in [5.74, 6) is -1.71. The summed E-state index contributed by atoms with van der Waals surface area (Å²) in [6.45, 7) is 5.65. The topological polar surface area (TPSA) is 106 Å². The number of aliphatic hydroxyl groups excluding tert-OH is 1. The van der Waals surface area contributed by atoms with Crippen LogP contribution < -0.4 is 9.64 Å². The number of rotatable bonds is 6. The Balaban J connectivity index is 1.86. The zero-order valence-corrected chi connectivity index (χ0v) is 19.8. The molecule has 1 fully saturated rings. The van der Waals surface area contributed by atoms with Crippen LogP contribution in [0.4, 0.5) is 5.69 Å². The van der Waals surface area contributed by atoms with Gasteiger partial charge in [0.05, 0.1) is 30.6 Å². The maximum Gasteiger partial charge on any atom is 0.337 e. The maximum atomic E-state index is 13.2. The second-order valence-electron chi connectivity index (χ2n) is 8.37. The van der Waals surface area contributed by atoms with Gasteiger partial charge in [-0.2, -0.15) is 0 Å². The van der Waals surface area contributed by atoms with Crippen LogP contribution in [-0.4, -0.2) is 36.0 Å². The van der Waals surface area contributed by atoms with Crippen LogP contribution in [0.3, 0.4) is 0 Å². The number of carbonyl (C=O) groups excluding carboxylic acids is 3. The fourth-order valence-electron chi connectivity index (χ4n) is 4.05. The van der Waals surface area contributed by atoms with Gasteiger partial charge >= 0.3 is 5.97 Å². The Morgan fingerprint density at radius 3 is 2.46 bits per heavy atom. The normalized spacial score (nSPS) is 17.2. The number of methoxy groups -OCH3 is 1. The van der Waals surface area contributed by atoms with Crippen LogP contribution in [0.5, 0.6) is 5.75 Å². The second kappa shape index (κ2) is 9.50. The monoisotopic (exact) mass is 475 g/mol. The third-order valence-electron chi connectivity index (χ3n) is 5.61. The van der Waals surface area contributed by atoms with Gasteiger partial charge < -0.3 is 19.0 Å². The van der Waals surface area contributed by atoms with Crippen LogP contribution in [0.15, 0.2) is 70.9 Å². The summed E-state index contributed by atoms with van der Waals surface area (Å²) < 4.78 is 16.1. The molecular weight excluding hydrogens is 450 g/mol. The lowest BCUT2D eigenvalue weighted by Crippen LogP contribution is -2.29. The lowest BCUT2D eigenvalue weighted by Gasteiger charge is -2.23. The van der Waals surface area contributed by atoms with Crippen molar-refractivity contribution >= 4 is 29.1 Å². The van der Waals surface area contributed by atoms with Crippen molar-refractivity contribution in [2.75, 3.05) is 12.0 Å². The van der Waals surface area contributed by atoms with Crippen LogP contribution in [0.1, 0.15) is 47.1 Å². The first-order chi connectivity index (χ1) is 16.7. The van der Waals surface area contributed by atoms with Gasteiger partial charge in [0.2, 0.25) is 0 Å². The molecule has 2 heterocycles. The van der Waals surface area contributed by atoms with Crippen molar-refractivity contribution in [3.8, 4) is 5.75 Å².